The minimum Gasteiger partial charge on any atom is -0.506 e. The predicted octanol–water partition coefficient (Wildman–Crippen LogP) is 1.11. The highest BCUT2D eigenvalue weighted by Crippen LogP contribution is 2.20. The molecule has 0 aliphatic carbocycles. The summed E-state index contributed by atoms with van der Waals surface area (Å²) in [6.07, 6.45) is 0. The Hall–Kier alpha value is -1.22. The highest BCUT2D eigenvalue weighted by molar-refractivity contribution is 6.31. The van der Waals surface area contributed by atoms with Gasteiger partial charge < -0.3 is 10.2 Å². The van der Waals surface area contributed by atoms with E-state index in [1.54, 1.807) is 0 Å². The highest BCUT2D eigenvalue weighted by atomic mass is 35.5. The zero-order valence-corrected chi connectivity index (χ0v) is 6.17. The van der Waals surface area contributed by atoms with Gasteiger partial charge in [-0.25, -0.2) is 0 Å². The Kier molecular flexibility index (Phi) is 2.01. The van der Waals surface area contributed by atoms with Crippen LogP contribution in [0.2, 0.25) is 5.02 Å². The van der Waals surface area contributed by atoms with Crippen molar-refractivity contribution in [2.75, 3.05) is 0 Å². The van der Waals surface area contributed by atoms with E-state index in [-0.39, 0.29) is 10.8 Å². The van der Waals surface area contributed by atoms with Gasteiger partial charge in [-0.3, -0.25) is 4.79 Å². The van der Waals surface area contributed by atoms with E-state index in [0.29, 0.717) is 0 Å². The normalized spacial score (nSPS) is 9.55. The lowest BCUT2D eigenvalue weighted by Gasteiger charge is -1.83. The molecule has 11 heavy (non-hydrogen) atoms. The molecule has 0 atom stereocenters. The van der Waals surface area contributed by atoms with Gasteiger partial charge in [-0.15, -0.1) is 0 Å². The fourth-order valence-electron chi connectivity index (χ4n) is 0.583. The van der Waals surface area contributed by atoms with Crippen molar-refractivity contribution in [3.63, 3.8) is 0 Å². The summed E-state index contributed by atoms with van der Waals surface area (Å²) in [7, 11) is 0. The fraction of sp³-hybridized carbons (Fsp3) is 0. The first kappa shape index (κ1) is 7.88. The summed E-state index contributed by atoms with van der Waals surface area (Å²) in [6, 6.07) is 3.19. The molecule has 0 radical (unpaired) electrons. The zero-order chi connectivity index (χ0) is 8.43. The lowest BCUT2D eigenvalue weighted by atomic mass is 10.5. The smallest absolute Gasteiger partial charge is 0.221 e. The molecule has 0 bridgehead atoms. The van der Waals surface area contributed by atoms with E-state index in [4.69, 9.17) is 21.8 Å². The minimum atomic E-state index is -0.615. The number of aromatic hydroxyl groups is 2. The largest absolute Gasteiger partial charge is 0.506 e. The number of rotatable bonds is 0. The van der Waals surface area contributed by atoms with Gasteiger partial charge >= 0.3 is 0 Å². The zero-order valence-electron chi connectivity index (χ0n) is 5.41. The number of hydrogen-bond donors (Lipinski definition) is 2. The molecule has 58 valence electrons. The lowest BCUT2D eigenvalue weighted by Crippen LogP contribution is -1.91. The van der Waals surface area contributed by atoms with Crippen molar-refractivity contribution in [1.29, 1.82) is 0 Å². The van der Waals surface area contributed by atoms with Crippen molar-refractivity contribution in [3.05, 3.63) is 33.4 Å². The second kappa shape index (κ2) is 2.80. The molecular formula is C7H5ClO3. The van der Waals surface area contributed by atoms with Crippen LogP contribution in [-0.4, -0.2) is 10.2 Å². The standard InChI is InChI=1S/C7H5ClO3/c8-4-3-7(11)6(10)2-1-5(4)9/h1-3,9H,(H,10,11). The molecule has 0 fully saturated rings. The summed E-state index contributed by atoms with van der Waals surface area (Å²) in [5.41, 5.74) is -0.615. The maximum Gasteiger partial charge on any atom is 0.221 e. The van der Waals surface area contributed by atoms with Crippen LogP contribution in [0.5, 0.6) is 11.5 Å². The summed E-state index contributed by atoms with van der Waals surface area (Å²) in [4.78, 5) is 10.7. The molecule has 1 rings (SSSR count). The fourth-order valence-corrected chi connectivity index (χ4v) is 0.745. The predicted molar refractivity (Wildman–Crippen MR) is 41.1 cm³/mol. The molecule has 1 aromatic carbocycles. The number of halogens is 1. The Balaban J connectivity index is 3.54. The van der Waals surface area contributed by atoms with E-state index in [1.165, 1.54) is 0 Å². The summed E-state index contributed by atoms with van der Waals surface area (Å²) in [6.45, 7) is 0. The van der Waals surface area contributed by atoms with E-state index < -0.39 is 11.2 Å². The van der Waals surface area contributed by atoms with Crippen LogP contribution in [0.3, 0.4) is 0 Å². The molecule has 0 heterocycles. The van der Waals surface area contributed by atoms with Crippen molar-refractivity contribution in [2.24, 2.45) is 0 Å². The van der Waals surface area contributed by atoms with Gasteiger partial charge in [-0.05, 0) is 12.1 Å². The molecule has 0 amide bonds. The molecule has 2 N–H and O–H groups in total. The summed E-state index contributed by atoms with van der Waals surface area (Å²) in [5, 5.41) is 17.7. The van der Waals surface area contributed by atoms with Crippen molar-refractivity contribution in [2.45, 2.75) is 0 Å². The van der Waals surface area contributed by atoms with Gasteiger partial charge in [-0.1, -0.05) is 11.6 Å². The molecule has 4 heteroatoms. The topological polar surface area (TPSA) is 57.5 Å². The Morgan fingerprint density at radius 2 is 1.73 bits per heavy atom. The lowest BCUT2D eigenvalue weighted by molar-refractivity contribution is 0.467. The average Bonchev–Trinajstić information content (AvgIpc) is 2.05. The number of hydrogen-bond acceptors (Lipinski definition) is 3. The van der Waals surface area contributed by atoms with Crippen molar-refractivity contribution >= 4 is 11.6 Å². The van der Waals surface area contributed by atoms with E-state index in [1.807, 2.05) is 0 Å². The van der Waals surface area contributed by atoms with Crippen LogP contribution in [0.15, 0.2) is 23.0 Å². The molecular weight excluding hydrogens is 168 g/mol. The molecule has 0 spiro atoms. The Bertz CT molecular complexity index is 335. The van der Waals surface area contributed by atoms with Gasteiger partial charge in [0.05, 0.1) is 5.02 Å². The highest BCUT2D eigenvalue weighted by Gasteiger charge is 1.98. The first-order valence-electron chi connectivity index (χ1n) is 2.83. The molecule has 0 saturated heterocycles. The third-order valence-electron chi connectivity index (χ3n) is 1.15. The molecule has 0 unspecified atom stereocenters. The quantitative estimate of drug-likeness (QED) is 0.617. The third kappa shape index (κ3) is 1.62. The van der Waals surface area contributed by atoms with Crippen LogP contribution in [0, 0.1) is 0 Å². The van der Waals surface area contributed by atoms with Gasteiger partial charge in [0, 0.05) is 6.07 Å². The third-order valence-corrected chi connectivity index (χ3v) is 1.46. The molecule has 3 nitrogen and oxygen atoms in total. The van der Waals surface area contributed by atoms with Gasteiger partial charge in [0.15, 0.2) is 5.75 Å². The van der Waals surface area contributed by atoms with E-state index in [2.05, 4.69) is 0 Å². The van der Waals surface area contributed by atoms with Gasteiger partial charge in [0.1, 0.15) is 5.75 Å². The second-order valence-electron chi connectivity index (χ2n) is 1.96. The van der Waals surface area contributed by atoms with Gasteiger partial charge in [-0.2, -0.15) is 0 Å². The first-order chi connectivity index (χ1) is 5.11. The van der Waals surface area contributed by atoms with Crippen LogP contribution in [0.1, 0.15) is 0 Å². The Morgan fingerprint density at radius 3 is 2.36 bits per heavy atom. The van der Waals surface area contributed by atoms with Crippen LogP contribution in [-0.2, 0) is 0 Å². The molecule has 0 aliphatic rings. The van der Waals surface area contributed by atoms with E-state index in [9.17, 15) is 4.79 Å². The van der Waals surface area contributed by atoms with Gasteiger partial charge in [0.2, 0.25) is 5.43 Å². The van der Waals surface area contributed by atoms with Crippen LogP contribution in [0.25, 0.3) is 0 Å². The SMILES string of the molecule is O=c1cc(Cl)c(O)ccc1O. The van der Waals surface area contributed by atoms with Crippen LogP contribution >= 0.6 is 11.6 Å². The monoisotopic (exact) mass is 172 g/mol. The van der Waals surface area contributed by atoms with Gasteiger partial charge in [0.25, 0.3) is 0 Å². The first-order valence-corrected chi connectivity index (χ1v) is 3.21. The Labute approximate surface area is 67.5 Å². The summed E-state index contributed by atoms with van der Waals surface area (Å²) < 4.78 is 0. The van der Waals surface area contributed by atoms with Crippen LogP contribution in [0.4, 0.5) is 0 Å². The maximum absolute atomic E-state index is 10.7. The molecule has 0 aliphatic heterocycles. The second-order valence-corrected chi connectivity index (χ2v) is 2.37. The van der Waals surface area contributed by atoms with Crippen molar-refractivity contribution < 1.29 is 10.2 Å². The average molecular weight is 173 g/mol. The molecule has 0 saturated carbocycles. The van der Waals surface area contributed by atoms with Crippen molar-refractivity contribution in [1.82, 2.24) is 0 Å². The minimum absolute atomic E-state index is 0.0738. The Morgan fingerprint density at radius 1 is 1.18 bits per heavy atom. The van der Waals surface area contributed by atoms with Crippen LogP contribution < -0.4 is 5.43 Å². The van der Waals surface area contributed by atoms with E-state index >= 15 is 0 Å². The summed E-state index contributed by atoms with van der Waals surface area (Å²) in [5.74, 6) is -0.670. The summed E-state index contributed by atoms with van der Waals surface area (Å²) >= 11 is 5.41. The van der Waals surface area contributed by atoms with E-state index in [0.717, 1.165) is 18.2 Å². The van der Waals surface area contributed by atoms with Crippen molar-refractivity contribution in [3.8, 4) is 11.5 Å². The molecule has 1 aromatic rings. The molecule has 0 aromatic heterocycles. The maximum atomic E-state index is 10.7.